The van der Waals surface area contributed by atoms with Crippen molar-refractivity contribution >= 4 is 11.9 Å². The Morgan fingerprint density at radius 1 is 0.549 bits per heavy atom. The van der Waals surface area contributed by atoms with Gasteiger partial charge in [0.1, 0.15) is 0 Å². The van der Waals surface area contributed by atoms with Crippen molar-refractivity contribution in [2.75, 3.05) is 13.2 Å². The molecule has 0 aromatic heterocycles. The van der Waals surface area contributed by atoms with Gasteiger partial charge in [-0.1, -0.05) is 153 Å². The zero-order chi connectivity index (χ0) is 37.3. The first-order chi connectivity index (χ1) is 25.0. The fourth-order valence-electron chi connectivity index (χ4n) is 6.25. The molecule has 0 aliphatic carbocycles. The smallest absolute Gasteiger partial charge is 0.305 e. The molecule has 0 saturated heterocycles. The minimum atomic E-state index is -0.684. The third-order valence-electron chi connectivity index (χ3n) is 9.66. The van der Waals surface area contributed by atoms with E-state index < -0.39 is 12.1 Å². The zero-order valence-electron chi connectivity index (χ0n) is 33.6. The van der Waals surface area contributed by atoms with E-state index in [9.17, 15) is 19.8 Å². The minimum Gasteiger partial charge on any atom is -0.466 e. The highest BCUT2D eigenvalue weighted by atomic mass is 16.5. The van der Waals surface area contributed by atoms with Crippen LogP contribution in [-0.2, 0) is 14.3 Å². The van der Waals surface area contributed by atoms with E-state index in [1.54, 1.807) is 0 Å². The van der Waals surface area contributed by atoms with Gasteiger partial charge < -0.3 is 20.3 Å². The average molecular weight is 718 g/mol. The molecule has 1 amide bonds. The molecule has 0 aliphatic heterocycles. The summed E-state index contributed by atoms with van der Waals surface area (Å²) in [5.74, 6) is -0.129. The van der Waals surface area contributed by atoms with Crippen LogP contribution in [0.3, 0.4) is 0 Å². The molecule has 0 aromatic rings. The highest BCUT2D eigenvalue weighted by Gasteiger charge is 2.20. The van der Waals surface area contributed by atoms with Gasteiger partial charge in [-0.3, -0.25) is 9.59 Å². The van der Waals surface area contributed by atoms with Crippen molar-refractivity contribution in [3.8, 4) is 0 Å². The first kappa shape index (κ1) is 49.1. The highest BCUT2D eigenvalue weighted by molar-refractivity contribution is 5.76. The van der Waals surface area contributed by atoms with Crippen LogP contribution in [0, 0.1) is 0 Å². The lowest BCUT2D eigenvalue weighted by atomic mass is 10.0. The number of ether oxygens (including phenoxy) is 1. The second-order valence-electron chi connectivity index (χ2n) is 14.7. The predicted molar refractivity (Wildman–Crippen MR) is 218 cm³/mol. The fraction of sp³-hybridized carbons (Fsp3) is 0.822. The molecule has 0 aliphatic rings. The Bertz CT molecular complexity index is 838. The van der Waals surface area contributed by atoms with Crippen LogP contribution >= 0.6 is 0 Å². The van der Waals surface area contributed by atoms with E-state index >= 15 is 0 Å². The van der Waals surface area contributed by atoms with Crippen LogP contribution in [0.25, 0.3) is 0 Å². The van der Waals surface area contributed by atoms with Gasteiger partial charge in [-0.05, 0) is 83.5 Å². The van der Waals surface area contributed by atoms with Crippen molar-refractivity contribution in [3.05, 3.63) is 36.5 Å². The molecule has 0 fully saturated rings. The number of nitrogens with one attached hydrogen (secondary N) is 1. The van der Waals surface area contributed by atoms with E-state index in [4.69, 9.17) is 4.74 Å². The Labute approximate surface area is 315 Å². The summed E-state index contributed by atoms with van der Waals surface area (Å²) in [5, 5.41) is 23.0. The largest absolute Gasteiger partial charge is 0.466 e. The molecule has 6 heteroatoms. The van der Waals surface area contributed by atoms with Gasteiger partial charge in [-0.15, -0.1) is 0 Å². The molecule has 6 nitrogen and oxygen atoms in total. The molecular weight excluding hydrogens is 634 g/mol. The van der Waals surface area contributed by atoms with Crippen LogP contribution in [-0.4, -0.2) is 47.4 Å². The van der Waals surface area contributed by atoms with E-state index in [1.165, 1.54) is 89.9 Å². The fourth-order valence-corrected chi connectivity index (χ4v) is 6.25. The van der Waals surface area contributed by atoms with Crippen LogP contribution in [0.5, 0.6) is 0 Å². The number of aliphatic hydroxyl groups is 2. The maximum atomic E-state index is 12.3. The molecule has 298 valence electrons. The number of carbonyl (C=O) groups excluding carboxylic acids is 2. The van der Waals surface area contributed by atoms with Crippen molar-refractivity contribution in [2.24, 2.45) is 0 Å². The van der Waals surface area contributed by atoms with Gasteiger partial charge in [-0.25, -0.2) is 0 Å². The summed E-state index contributed by atoms with van der Waals surface area (Å²) >= 11 is 0. The second kappa shape index (κ2) is 40.8. The van der Waals surface area contributed by atoms with Gasteiger partial charge in [0.05, 0.1) is 25.4 Å². The topological polar surface area (TPSA) is 95.9 Å². The minimum absolute atomic E-state index is 0.0520. The molecule has 0 radical (unpaired) electrons. The van der Waals surface area contributed by atoms with E-state index in [-0.39, 0.29) is 18.5 Å². The molecule has 2 unspecified atom stereocenters. The molecule has 51 heavy (non-hydrogen) atoms. The first-order valence-electron chi connectivity index (χ1n) is 21.7. The molecule has 0 bridgehead atoms. The summed E-state index contributed by atoms with van der Waals surface area (Å²) in [5.41, 5.74) is 0. The molecule has 3 N–H and O–H groups in total. The van der Waals surface area contributed by atoms with Crippen LogP contribution in [0.4, 0.5) is 0 Å². The number of aliphatic hydroxyl groups excluding tert-OH is 2. The van der Waals surface area contributed by atoms with E-state index in [0.717, 1.165) is 89.9 Å². The number of carbonyl (C=O) groups is 2. The molecule has 0 heterocycles. The summed E-state index contributed by atoms with van der Waals surface area (Å²) in [7, 11) is 0. The summed E-state index contributed by atoms with van der Waals surface area (Å²) in [6.45, 7) is 4.78. The van der Waals surface area contributed by atoms with Gasteiger partial charge in [0.2, 0.25) is 5.91 Å². The Hall–Kier alpha value is -1.92. The Morgan fingerprint density at radius 2 is 0.980 bits per heavy atom. The van der Waals surface area contributed by atoms with Gasteiger partial charge in [-0.2, -0.15) is 0 Å². The number of unbranched alkanes of at least 4 members (excludes halogenated alkanes) is 22. The van der Waals surface area contributed by atoms with Crippen molar-refractivity contribution in [2.45, 2.75) is 225 Å². The number of esters is 1. The number of rotatable bonds is 39. The number of hydrogen-bond acceptors (Lipinski definition) is 5. The molecular formula is C45H83NO5. The lowest BCUT2D eigenvalue weighted by molar-refractivity contribution is -0.143. The summed E-state index contributed by atoms with van der Waals surface area (Å²) < 4.78 is 5.41. The maximum Gasteiger partial charge on any atom is 0.305 e. The SMILES string of the molecule is CCCCC/C=C\C/C=C\CCCCCCCC(=O)OCCCC/C=C\CCCCCCC(=O)NC(CO)C(O)CCCCCCCCCCC. The number of amides is 1. The molecule has 2 atom stereocenters. The van der Waals surface area contributed by atoms with E-state index in [1.807, 2.05) is 0 Å². The van der Waals surface area contributed by atoms with Crippen molar-refractivity contribution < 1.29 is 24.5 Å². The van der Waals surface area contributed by atoms with Crippen LogP contribution < -0.4 is 5.32 Å². The summed E-state index contributed by atoms with van der Waals surface area (Å²) in [6.07, 6.45) is 46.7. The zero-order valence-corrected chi connectivity index (χ0v) is 33.6. The molecule has 0 saturated carbocycles. The Kier molecular flexibility index (Phi) is 39.3. The Balaban J connectivity index is 3.55. The summed E-state index contributed by atoms with van der Waals surface area (Å²) in [6, 6.07) is -0.565. The second-order valence-corrected chi connectivity index (χ2v) is 14.7. The third kappa shape index (κ3) is 37.6. The lowest BCUT2D eigenvalue weighted by Gasteiger charge is -2.22. The number of allylic oxidation sites excluding steroid dienone is 6. The van der Waals surface area contributed by atoms with Gasteiger partial charge in [0, 0.05) is 12.8 Å². The third-order valence-corrected chi connectivity index (χ3v) is 9.66. The van der Waals surface area contributed by atoms with Gasteiger partial charge >= 0.3 is 5.97 Å². The highest BCUT2D eigenvalue weighted by Crippen LogP contribution is 2.14. The average Bonchev–Trinajstić information content (AvgIpc) is 3.13. The van der Waals surface area contributed by atoms with Crippen LogP contribution in [0.2, 0.25) is 0 Å². The van der Waals surface area contributed by atoms with E-state index in [0.29, 0.717) is 25.9 Å². The molecule has 0 rings (SSSR count). The normalized spacial score (nSPS) is 13.1. The van der Waals surface area contributed by atoms with Gasteiger partial charge in [0.15, 0.2) is 0 Å². The lowest BCUT2D eigenvalue weighted by Crippen LogP contribution is -2.45. The Morgan fingerprint density at radius 3 is 1.55 bits per heavy atom. The maximum absolute atomic E-state index is 12.3. The quantitative estimate of drug-likeness (QED) is 0.0334. The van der Waals surface area contributed by atoms with Crippen molar-refractivity contribution in [1.29, 1.82) is 0 Å². The molecule has 0 spiro atoms. The first-order valence-corrected chi connectivity index (χ1v) is 21.7. The molecule has 0 aromatic carbocycles. The monoisotopic (exact) mass is 718 g/mol. The van der Waals surface area contributed by atoms with E-state index in [2.05, 4.69) is 55.6 Å². The van der Waals surface area contributed by atoms with Crippen LogP contribution in [0.1, 0.15) is 213 Å². The van der Waals surface area contributed by atoms with Crippen molar-refractivity contribution in [1.82, 2.24) is 5.32 Å². The van der Waals surface area contributed by atoms with Crippen molar-refractivity contribution in [3.63, 3.8) is 0 Å². The van der Waals surface area contributed by atoms with Crippen LogP contribution in [0.15, 0.2) is 36.5 Å². The number of hydrogen-bond donors (Lipinski definition) is 3. The van der Waals surface area contributed by atoms with Gasteiger partial charge in [0.25, 0.3) is 0 Å². The summed E-state index contributed by atoms with van der Waals surface area (Å²) in [4.78, 5) is 24.3. The predicted octanol–water partition coefficient (Wildman–Crippen LogP) is 12.2. The standard InChI is InChI=1S/C45H83NO5/c1-3-5-7-9-11-13-14-15-16-17-18-23-27-31-35-39-45(50)51-40-36-32-28-24-20-19-22-26-30-34-38-44(49)46-42(41-47)43(48)37-33-29-25-21-12-10-8-6-4-2/h11,13,15-16,20,24,42-43,47-48H,3-10,12,14,17-19,21-23,25-41H2,1-2H3,(H,46,49)/b13-11-,16-15-,24-20-.